The van der Waals surface area contributed by atoms with Crippen molar-refractivity contribution in [1.29, 1.82) is 0 Å². The Kier molecular flexibility index (Phi) is 5.36. The molecule has 1 aliphatic rings. The van der Waals surface area contributed by atoms with Gasteiger partial charge in [-0.05, 0) is 18.7 Å². The molecule has 5 rings (SSSR count). The number of carbonyl (C=O) groups is 1. The maximum atomic E-state index is 13.3. The monoisotopic (exact) mass is 429 g/mol. The topological polar surface area (TPSA) is 63.1 Å². The number of para-hydroxylation sites is 1. The summed E-state index contributed by atoms with van der Waals surface area (Å²) in [5.74, 6) is -0.195. The van der Waals surface area contributed by atoms with E-state index in [1.807, 2.05) is 60.7 Å². The molecule has 0 aliphatic carbocycles. The van der Waals surface area contributed by atoms with Gasteiger partial charge in [-0.3, -0.25) is 15.0 Å². The number of thiazole rings is 1. The number of fused-ring (bicyclic) bond motifs is 1. The Hall–Kier alpha value is -3.29. The van der Waals surface area contributed by atoms with Gasteiger partial charge in [-0.2, -0.15) is 5.10 Å². The predicted molar refractivity (Wildman–Crippen MR) is 124 cm³/mol. The van der Waals surface area contributed by atoms with E-state index >= 15 is 0 Å². The minimum atomic E-state index is -0.195. The highest BCUT2D eigenvalue weighted by Gasteiger charge is 2.23. The molecule has 0 bridgehead atoms. The van der Waals surface area contributed by atoms with Gasteiger partial charge in [-0.1, -0.05) is 55.5 Å². The van der Waals surface area contributed by atoms with E-state index in [1.54, 1.807) is 22.2 Å². The van der Waals surface area contributed by atoms with Gasteiger partial charge < -0.3 is 0 Å². The lowest BCUT2D eigenvalue weighted by atomic mass is 10.1. The first-order valence-corrected chi connectivity index (χ1v) is 11.3. The largest absolute Gasteiger partial charge is 0.298 e. The molecule has 4 aromatic rings. The summed E-state index contributed by atoms with van der Waals surface area (Å²) in [5, 5.41) is 8.40. The molecule has 2 aromatic heterocycles. The standard InChI is InChI=1S/C24H23N5OS/c1-2-28-14-13-20-21(16-28)31-24(25-20)26-23(30)19-15-29(18-11-7-4-8-12-18)27-22(19)17-9-5-3-6-10-17/h3-12,15H,2,13-14,16H2,1H3,(H,25,26,30). The molecule has 0 saturated carbocycles. The first-order valence-electron chi connectivity index (χ1n) is 10.4. The van der Waals surface area contributed by atoms with Crippen LogP contribution < -0.4 is 5.32 Å². The third-order valence-corrected chi connectivity index (χ3v) is 6.50. The number of nitrogens with one attached hydrogen (secondary N) is 1. The molecule has 31 heavy (non-hydrogen) atoms. The molecule has 0 spiro atoms. The SMILES string of the molecule is CCN1CCc2nc(NC(=O)c3cn(-c4ccccc4)nc3-c3ccccc3)sc2C1. The molecule has 0 unspecified atom stereocenters. The van der Waals surface area contributed by atoms with Gasteiger partial charge in [0.1, 0.15) is 5.69 Å². The zero-order valence-electron chi connectivity index (χ0n) is 17.3. The Labute approximate surface area is 185 Å². The third-order valence-electron chi connectivity index (χ3n) is 5.50. The van der Waals surface area contributed by atoms with Crippen LogP contribution >= 0.6 is 11.3 Å². The van der Waals surface area contributed by atoms with Crippen LogP contribution in [0.15, 0.2) is 66.9 Å². The highest BCUT2D eigenvalue weighted by Crippen LogP contribution is 2.30. The van der Waals surface area contributed by atoms with Gasteiger partial charge in [0.05, 0.1) is 16.9 Å². The maximum Gasteiger partial charge on any atom is 0.261 e. The Bertz CT molecular complexity index is 1200. The maximum absolute atomic E-state index is 13.3. The lowest BCUT2D eigenvalue weighted by molar-refractivity contribution is 0.102. The zero-order chi connectivity index (χ0) is 21.2. The summed E-state index contributed by atoms with van der Waals surface area (Å²) < 4.78 is 1.75. The molecular weight excluding hydrogens is 406 g/mol. The smallest absolute Gasteiger partial charge is 0.261 e. The van der Waals surface area contributed by atoms with Gasteiger partial charge in [-0.15, -0.1) is 11.3 Å². The Balaban J connectivity index is 1.47. The predicted octanol–water partition coefficient (Wildman–Crippen LogP) is 4.63. The number of hydrogen-bond acceptors (Lipinski definition) is 5. The van der Waals surface area contributed by atoms with Crippen LogP contribution in [0, 0.1) is 0 Å². The number of likely N-dealkylation sites (N-methyl/N-ethyl adjacent to an activating group) is 1. The van der Waals surface area contributed by atoms with Crippen molar-refractivity contribution >= 4 is 22.4 Å². The zero-order valence-corrected chi connectivity index (χ0v) is 18.1. The van der Waals surface area contributed by atoms with E-state index in [0.717, 1.165) is 43.0 Å². The molecule has 7 heteroatoms. The molecule has 1 amide bonds. The molecular formula is C24H23N5OS. The summed E-state index contributed by atoms with van der Waals surface area (Å²) in [6.45, 7) is 5.12. The number of nitrogens with zero attached hydrogens (tertiary/aromatic N) is 4. The quantitative estimate of drug-likeness (QED) is 0.503. The minimum absolute atomic E-state index is 0.195. The van der Waals surface area contributed by atoms with Crippen molar-refractivity contribution in [1.82, 2.24) is 19.7 Å². The Morgan fingerprint density at radius 3 is 2.58 bits per heavy atom. The van der Waals surface area contributed by atoms with Crippen LogP contribution in [0.1, 0.15) is 27.9 Å². The summed E-state index contributed by atoms with van der Waals surface area (Å²) in [7, 11) is 0. The molecule has 0 fully saturated rings. The number of aromatic nitrogens is 3. The molecule has 6 nitrogen and oxygen atoms in total. The van der Waals surface area contributed by atoms with Crippen molar-refractivity contribution in [2.24, 2.45) is 0 Å². The minimum Gasteiger partial charge on any atom is -0.298 e. The fourth-order valence-electron chi connectivity index (χ4n) is 3.80. The second-order valence-electron chi connectivity index (χ2n) is 7.50. The Morgan fingerprint density at radius 1 is 1.10 bits per heavy atom. The molecule has 1 N–H and O–H groups in total. The van der Waals surface area contributed by atoms with Crippen LogP contribution in [0.5, 0.6) is 0 Å². The first-order chi connectivity index (χ1) is 15.2. The average Bonchev–Trinajstić information content (AvgIpc) is 3.44. The van der Waals surface area contributed by atoms with E-state index in [2.05, 4.69) is 22.1 Å². The Morgan fingerprint density at radius 2 is 1.84 bits per heavy atom. The second kappa shape index (κ2) is 8.45. The van der Waals surface area contributed by atoms with Gasteiger partial charge in [0, 0.05) is 36.1 Å². The van der Waals surface area contributed by atoms with Crippen molar-refractivity contribution < 1.29 is 4.79 Å². The number of amides is 1. The number of benzene rings is 2. The van der Waals surface area contributed by atoms with E-state index in [9.17, 15) is 4.79 Å². The highest BCUT2D eigenvalue weighted by molar-refractivity contribution is 7.15. The molecule has 0 saturated heterocycles. The number of carbonyl (C=O) groups excluding carboxylic acids is 1. The molecule has 0 radical (unpaired) electrons. The summed E-state index contributed by atoms with van der Waals surface area (Å²) in [5.41, 5.74) is 4.09. The van der Waals surface area contributed by atoms with Crippen LogP contribution in [-0.2, 0) is 13.0 Å². The second-order valence-corrected chi connectivity index (χ2v) is 8.58. The lowest BCUT2D eigenvalue weighted by Gasteiger charge is -2.23. The van der Waals surface area contributed by atoms with Crippen molar-refractivity contribution in [3.05, 3.63) is 83.0 Å². The summed E-state index contributed by atoms with van der Waals surface area (Å²) in [6.07, 6.45) is 2.72. The molecule has 156 valence electrons. The first kappa shape index (κ1) is 19.7. The van der Waals surface area contributed by atoms with Crippen LogP contribution in [0.3, 0.4) is 0 Å². The molecule has 1 aliphatic heterocycles. The fourth-order valence-corrected chi connectivity index (χ4v) is 4.84. The number of rotatable bonds is 5. The molecule has 0 atom stereocenters. The summed E-state index contributed by atoms with van der Waals surface area (Å²) >= 11 is 1.57. The summed E-state index contributed by atoms with van der Waals surface area (Å²) in [4.78, 5) is 21.6. The van der Waals surface area contributed by atoms with Crippen molar-refractivity contribution in [2.75, 3.05) is 18.4 Å². The van der Waals surface area contributed by atoms with Crippen molar-refractivity contribution in [2.45, 2.75) is 19.9 Å². The highest BCUT2D eigenvalue weighted by atomic mass is 32.1. The van der Waals surface area contributed by atoms with Gasteiger partial charge in [0.15, 0.2) is 5.13 Å². The van der Waals surface area contributed by atoms with E-state index in [-0.39, 0.29) is 5.91 Å². The number of hydrogen-bond donors (Lipinski definition) is 1. The van der Waals surface area contributed by atoms with Crippen molar-refractivity contribution in [3.8, 4) is 16.9 Å². The molecule has 2 aromatic carbocycles. The summed E-state index contributed by atoms with van der Waals surface area (Å²) in [6, 6.07) is 19.6. The van der Waals surface area contributed by atoms with Gasteiger partial charge in [0.2, 0.25) is 0 Å². The number of anilines is 1. The van der Waals surface area contributed by atoms with Gasteiger partial charge in [0.25, 0.3) is 5.91 Å². The van der Waals surface area contributed by atoms with Crippen LogP contribution in [0.4, 0.5) is 5.13 Å². The lowest BCUT2D eigenvalue weighted by Crippen LogP contribution is -2.29. The van der Waals surface area contributed by atoms with Crippen molar-refractivity contribution in [3.63, 3.8) is 0 Å². The third kappa shape index (κ3) is 4.02. The van der Waals surface area contributed by atoms with Gasteiger partial charge in [-0.25, -0.2) is 9.67 Å². The van der Waals surface area contributed by atoms with E-state index < -0.39 is 0 Å². The fraction of sp³-hybridized carbons (Fsp3) is 0.208. The van der Waals surface area contributed by atoms with Crippen LogP contribution in [0.2, 0.25) is 0 Å². The van der Waals surface area contributed by atoms with E-state index in [1.165, 1.54) is 4.88 Å². The van der Waals surface area contributed by atoms with Crippen LogP contribution in [-0.4, -0.2) is 38.7 Å². The normalized spacial score (nSPS) is 13.7. The van der Waals surface area contributed by atoms with E-state index in [0.29, 0.717) is 16.4 Å². The molecule has 3 heterocycles. The van der Waals surface area contributed by atoms with Crippen LogP contribution in [0.25, 0.3) is 16.9 Å². The van der Waals surface area contributed by atoms with E-state index in [4.69, 9.17) is 5.10 Å². The average molecular weight is 430 g/mol. The van der Waals surface area contributed by atoms with Gasteiger partial charge >= 0.3 is 0 Å².